The second-order valence-electron chi connectivity index (χ2n) is 6.71. The molecule has 0 unspecified atom stereocenters. The van der Waals surface area contributed by atoms with E-state index in [1.54, 1.807) is 37.3 Å². The van der Waals surface area contributed by atoms with Crippen LogP contribution in [0.15, 0.2) is 59.0 Å². The molecule has 1 aromatic heterocycles. The van der Waals surface area contributed by atoms with Gasteiger partial charge in [-0.05, 0) is 36.8 Å². The van der Waals surface area contributed by atoms with Crippen LogP contribution in [0.2, 0.25) is 0 Å². The lowest BCUT2D eigenvalue weighted by Crippen LogP contribution is -2.21. The fraction of sp³-hybridized carbons (Fsp3) is 0.182. The molecule has 0 fully saturated rings. The SMILES string of the molecule is Cc1ccc([N+](=O)[O-])cc1NC(=O)COC(=O)CCc1ccc(-c2ccccc2F)o1. The Kier molecular flexibility index (Phi) is 6.76. The molecule has 160 valence electrons. The molecule has 0 atom stereocenters. The Morgan fingerprint density at radius 1 is 1.16 bits per heavy atom. The highest BCUT2D eigenvalue weighted by atomic mass is 19.1. The highest BCUT2D eigenvalue weighted by Crippen LogP contribution is 2.25. The van der Waals surface area contributed by atoms with Crippen molar-refractivity contribution in [3.8, 4) is 11.3 Å². The fourth-order valence-corrected chi connectivity index (χ4v) is 2.81. The number of carbonyl (C=O) groups excluding carboxylic acids is 2. The Morgan fingerprint density at radius 3 is 2.68 bits per heavy atom. The van der Waals surface area contributed by atoms with Gasteiger partial charge in [-0.15, -0.1) is 0 Å². The van der Waals surface area contributed by atoms with E-state index in [1.165, 1.54) is 24.3 Å². The number of nitro groups is 1. The summed E-state index contributed by atoms with van der Waals surface area (Å²) in [5.41, 5.74) is 1.07. The zero-order valence-corrected chi connectivity index (χ0v) is 16.6. The van der Waals surface area contributed by atoms with Crippen molar-refractivity contribution < 1.29 is 28.1 Å². The number of furan rings is 1. The lowest BCUT2D eigenvalue weighted by atomic mass is 10.1. The van der Waals surface area contributed by atoms with Crippen molar-refractivity contribution in [2.75, 3.05) is 11.9 Å². The van der Waals surface area contributed by atoms with Crippen molar-refractivity contribution in [3.63, 3.8) is 0 Å². The summed E-state index contributed by atoms with van der Waals surface area (Å²) < 4.78 is 24.3. The van der Waals surface area contributed by atoms with E-state index in [0.29, 0.717) is 22.6 Å². The molecule has 3 rings (SSSR count). The van der Waals surface area contributed by atoms with Crippen molar-refractivity contribution >= 4 is 23.3 Å². The van der Waals surface area contributed by atoms with Gasteiger partial charge in [0.05, 0.1) is 22.6 Å². The molecule has 1 amide bonds. The normalized spacial score (nSPS) is 10.5. The number of hydrogen-bond donors (Lipinski definition) is 1. The first-order chi connectivity index (χ1) is 14.8. The van der Waals surface area contributed by atoms with Gasteiger partial charge in [-0.25, -0.2) is 4.39 Å². The maximum absolute atomic E-state index is 13.8. The zero-order chi connectivity index (χ0) is 22.4. The van der Waals surface area contributed by atoms with Crippen LogP contribution in [0.1, 0.15) is 17.7 Å². The minimum absolute atomic E-state index is 0.0344. The van der Waals surface area contributed by atoms with Crippen LogP contribution in [0.4, 0.5) is 15.8 Å². The number of non-ortho nitro benzene ring substituents is 1. The number of amides is 1. The average molecular weight is 426 g/mol. The van der Waals surface area contributed by atoms with Gasteiger partial charge >= 0.3 is 5.97 Å². The maximum atomic E-state index is 13.8. The summed E-state index contributed by atoms with van der Waals surface area (Å²) >= 11 is 0. The second kappa shape index (κ2) is 9.66. The third-order valence-corrected chi connectivity index (χ3v) is 4.45. The highest BCUT2D eigenvalue weighted by Gasteiger charge is 2.14. The number of hydrogen-bond acceptors (Lipinski definition) is 6. The summed E-state index contributed by atoms with van der Waals surface area (Å²) in [7, 11) is 0. The molecule has 0 bridgehead atoms. The van der Waals surface area contributed by atoms with Crippen molar-refractivity contribution in [3.05, 3.63) is 81.9 Å². The van der Waals surface area contributed by atoms with Crippen molar-refractivity contribution in [2.45, 2.75) is 19.8 Å². The summed E-state index contributed by atoms with van der Waals surface area (Å²) in [6.07, 6.45) is 0.187. The van der Waals surface area contributed by atoms with Crippen LogP contribution in [0, 0.1) is 22.9 Å². The molecule has 9 heteroatoms. The van der Waals surface area contributed by atoms with Crippen LogP contribution in [-0.2, 0) is 20.7 Å². The second-order valence-corrected chi connectivity index (χ2v) is 6.71. The van der Waals surface area contributed by atoms with E-state index < -0.39 is 29.2 Å². The van der Waals surface area contributed by atoms with Gasteiger partial charge in [-0.2, -0.15) is 0 Å². The standard InChI is InChI=1S/C22H19FN2O6/c1-14-6-7-15(25(28)29)12-19(14)24-21(26)13-30-22(27)11-9-16-8-10-20(31-16)17-4-2-3-5-18(17)23/h2-8,10,12H,9,11,13H2,1H3,(H,24,26). The van der Waals surface area contributed by atoms with Gasteiger partial charge in [0.1, 0.15) is 17.3 Å². The van der Waals surface area contributed by atoms with E-state index in [0.717, 1.165) is 0 Å². The number of nitrogens with zero attached hydrogens (tertiary/aromatic N) is 1. The summed E-state index contributed by atoms with van der Waals surface area (Å²) in [5, 5.41) is 13.3. The molecule has 2 aromatic carbocycles. The molecule has 3 aromatic rings. The van der Waals surface area contributed by atoms with Gasteiger partial charge < -0.3 is 14.5 Å². The lowest BCUT2D eigenvalue weighted by Gasteiger charge is -2.08. The number of aryl methyl sites for hydroxylation is 2. The predicted molar refractivity (Wildman–Crippen MR) is 110 cm³/mol. The number of nitrogens with one attached hydrogen (secondary N) is 1. The summed E-state index contributed by atoms with van der Waals surface area (Å²) in [6, 6.07) is 13.5. The third kappa shape index (κ3) is 5.75. The van der Waals surface area contributed by atoms with Gasteiger partial charge in [0.25, 0.3) is 11.6 Å². The van der Waals surface area contributed by atoms with Crippen molar-refractivity contribution in [1.82, 2.24) is 0 Å². The zero-order valence-electron chi connectivity index (χ0n) is 16.6. The molecular formula is C22H19FN2O6. The molecule has 1 heterocycles. The minimum atomic E-state index is -0.616. The van der Waals surface area contributed by atoms with Gasteiger partial charge in [0, 0.05) is 18.6 Å². The molecule has 1 N–H and O–H groups in total. The van der Waals surface area contributed by atoms with Gasteiger partial charge in [0.15, 0.2) is 6.61 Å². The molecule has 0 aliphatic heterocycles. The predicted octanol–water partition coefficient (Wildman–Crippen LogP) is 4.42. The average Bonchev–Trinajstić information content (AvgIpc) is 3.21. The monoisotopic (exact) mass is 426 g/mol. The highest BCUT2D eigenvalue weighted by molar-refractivity contribution is 5.93. The first kappa shape index (κ1) is 21.7. The topological polar surface area (TPSA) is 112 Å². The van der Waals surface area contributed by atoms with Gasteiger partial charge in [-0.1, -0.05) is 18.2 Å². The van der Waals surface area contributed by atoms with Crippen LogP contribution < -0.4 is 5.32 Å². The summed E-state index contributed by atoms with van der Waals surface area (Å²) in [6.45, 7) is 1.16. The Hall–Kier alpha value is -4.01. The molecule has 0 saturated heterocycles. The smallest absolute Gasteiger partial charge is 0.306 e. The van der Waals surface area contributed by atoms with Crippen LogP contribution in [0.3, 0.4) is 0 Å². The molecule has 0 spiro atoms. The third-order valence-electron chi connectivity index (χ3n) is 4.45. The molecule has 8 nitrogen and oxygen atoms in total. The van der Waals surface area contributed by atoms with Gasteiger partial charge in [-0.3, -0.25) is 19.7 Å². The first-order valence-electron chi connectivity index (χ1n) is 9.37. The number of rotatable bonds is 8. The Balaban J connectivity index is 1.48. The first-order valence-corrected chi connectivity index (χ1v) is 9.37. The largest absolute Gasteiger partial charge is 0.461 e. The van der Waals surface area contributed by atoms with E-state index >= 15 is 0 Å². The number of esters is 1. The number of ether oxygens (including phenoxy) is 1. The van der Waals surface area contributed by atoms with Crippen LogP contribution >= 0.6 is 0 Å². The Bertz CT molecular complexity index is 1120. The summed E-state index contributed by atoms with van der Waals surface area (Å²) in [5.74, 6) is -0.806. The van der Waals surface area contributed by atoms with E-state index in [-0.39, 0.29) is 24.2 Å². The minimum Gasteiger partial charge on any atom is -0.461 e. The van der Waals surface area contributed by atoms with Crippen LogP contribution in [0.25, 0.3) is 11.3 Å². The van der Waals surface area contributed by atoms with E-state index in [9.17, 15) is 24.1 Å². The summed E-state index contributed by atoms with van der Waals surface area (Å²) in [4.78, 5) is 34.2. The molecular weight excluding hydrogens is 407 g/mol. The quantitative estimate of drug-likeness (QED) is 0.324. The van der Waals surface area contributed by atoms with E-state index in [1.807, 2.05) is 0 Å². The van der Waals surface area contributed by atoms with Crippen LogP contribution in [0.5, 0.6) is 0 Å². The molecule has 0 saturated carbocycles. The molecule has 0 aliphatic rings. The number of carbonyl (C=O) groups is 2. The van der Waals surface area contributed by atoms with Crippen molar-refractivity contribution in [2.24, 2.45) is 0 Å². The number of halogens is 1. The fourth-order valence-electron chi connectivity index (χ4n) is 2.81. The number of benzene rings is 2. The number of anilines is 1. The van der Waals surface area contributed by atoms with E-state index in [4.69, 9.17) is 9.15 Å². The number of nitro benzene ring substituents is 1. The molecule has 0 aliphatic carbocycles. The van der Waals surface area contributed by atoms with Crippen LogP contribution in [-0.4, -0.2) is 23.4 Å². The maximum Gasteiger partial charge on any atom is 0.306 e. The van der Waals surface area contributed by atoms with E-state index in [2.05, 4.69) is 5.32 Å². The molecule has 0 radical (unpaired) electrons. The van der Waals surface area contributed by atoms with Gasteiger partial charge in [0.2, 0.25) is 0 Å². The molecule has 31 heavy (non-hydrogen) atoms. The Labute approximate surface area is 176 Å². The van der Waals surface area contributed by atoms with Crippen molar-refractivity contribution in [1.29, 1.82) is 0 Å². The lowest BCUT2D eigenvalue weighted by molar-refractivity contribution is -0.384. The Morgan fingerprint density at radius 2 is 1.94 bits per heavy atom.